The van der Waals surface area contributed by atoms with Crippen molar-refractivity contribution in [1.29, 1.82) is 0 Å². The van der Waals surface area contributed by atoms with Crippen LogP contribution >= 0.6 is 23.2 Å². The van der Waals surface area contributed by atoms with Crippen LogP contribution in [0.15, 0.2) is 42.5 Å². The molecule has 0 spiro atoms. The Bertz CT molecular complexity index is 526. The fourth-order valence-electron chi connectivity index (χ4n) is 1.57. The number of hydrogen-bond donors (Lipinski definition) is 2. The summed E-state index contributed by atoms with van der Waals surface area (Å²) in [5.41, 5.74) is 2.97. The van der Waals surface area contributed by atoms with E-state index in [0.29, 0.717) is 16.6 Å². The van der Waals surface area contributed by atoms with E-state index in [1.165, 1.54) is 0 Å². The lowest BCUT2D eigenvalue weighted by Gasteiger charge is -2.08. The molecule has 0 amide bonds. The monoisotopic (exact) mass is 281 g/mol. The Morgan fingerprint density at radius 2 is 1.56 bits per heavy atom. The van der Waals surface area contributed by atoms with Gasteiger partial charge in [0.25, 0.3) is 0 Å². The van der Waals surface area contributed by atoms with Gasteiger partial charge in [-0.25, -0.2) is 0 Å². The molecular weight excluding hydrogens is 269 g/mol. The molecule has 0 unspecified atom stereocenters. The van der Waals surface area contributed by atoms with Gasteiger partial charge in [-0.15, -0.1) is 0 Å². The van der Waals surface area contributed by atoms with Gasteiger partial charge in [0.1, 0.15) is 0 Å². The normalized spacial score (nSPS) is 10.4. The summed E-state index contributed by atoms with van der Waals surface area (Å²) in [6, 6.07) is 13.2. The molecule has 2 nitrogen and oxygen atoms in total. The molecule has 0 bridgehead atoms. The van der Waals surface area contributed by atoms with Crippen LogP contribution in [0.25, 0.3) is 0 Å². The lowest BCUT2D eigenvalue weighted by molar-refractivity contribution is 0.282. The number of nitrogens with one attached hydrogen (secondary N) is 1. The predicted octanol–water partition coefficient (Wildman–Crippen LogP) is 4.10. The SMILES string of the molecule is OCc1ccc(CNc2ccc(Cl)c(Cl)c2)cc1. The van der Waals surface area contributed by atoms with Crippen molar-refractivity contribution in [1.82, 2.24) is 0 Å². The molecule has 0 aliphatic carbocycles. The molecule has 0 radical (unpaired) electrons. The zero-order valence-corrected chi connectivity index (χ0v) is 11.2. The number of hydrogen-bond acceptors (Lipinski definition) is 2. The Balaban J connectivity index is 1.99. The number of anilines is 1. The van der Waals surface area contributed by atoms with Gasteiger partial charge in [-0.05, 0) is 29.3 Å². The molecule has 0 saturated heterocycles. The lowest BCUT2D eigenvalue weighted by Crippen LogP contribution is -1.99. The quantitative estimate of drug-likeness (QED) is 0.885. The van der Waals surface area contributed by atoms with Crippen molar-refractivity contribution >= 4 is 28.9 Å². The highest BCUT2D eigenvalue weighted by Crippen LogP contribution is 2.25. The molecule has 0 aliphatic rings. The van der Waals surface area contributed by atoms with Crippen LogP contribution in [0.1, 0.15) is 11.1 Å². The van der Waals surface area contributed by atoms with Crippen molar-refractivity contribution in [3.05, 3.63) is 63.6 Å². The minimum absolute atomic E-state index is 0.0699. The van der Waals surface area contributed by atoms with E-state index < -0.39 is 0 Å². The maximum absolute atomic E-state index is 8.95. The molecule has 0 heterocycles. The smallest absolute Gasteiger partial charge is 0.0681 e. The Kier molecular flexibility index (Phi) is 4.48. The molecule has 2 aromatic carbocycles. The molecular formula is C14H13Cl2NO. The van der Waals surface area contributed by atoms with Gasteiger partial charge < -0.3 is 10.4 Å². The van der Waals surface area contributed by atoms with E-state index in [0.717, 1.165) is 16.8 Å². The first-order valence-electron chi connectivity index (χ1n) is 5.56. The first-order chi connectivity index (χ1) is 8.69. The number of rotatable bonds is 4. The standard InChI is InChI=1S/C14H13Cl2NO/c15-13-6-5-12(7-14(13)16)17-8-10-1-3-11(9-18)4-2-10/h1-7,17-18H,8-9H2. The number of aliphatic hydroxyl groups excluding tert-OH is 1. The summed E-state index contributed by atoms with van der Waals surface area (Å²) >= 11 is 11.8. The van der Waals surface area contributed by atoms with Crippen molar-refractivity contribution in [2.45, 2.75) is 13.2 Å². The predicted molar refractivity (Wildman–Crippen MR) is 76.2 cm³/mol. The maximum Gasteiger partial charge on any atom is 0.0681 e. The molecule has 2 N–H and O–H groups in total. The third-order valence-corrected chi connectivity index (χ3v) is 3.36. The molecule has 4 heteroatoms. The Hall–Kier alpha value is -1.22. The zero-order chi connectivity index (χ0) is 13.0. The third-order valence-electron chi connectivity index (χ3n) is 2.62. The summed E-state index contributed by atoms with van der Waals surface area (Å²) in [5, 5.41) is 13.3. The number of benzene rings is 2. The highest BCUT2D eigenvalue weighted by molar-refractivity contribution is 6.42. The minimum atomic E-state index is 0.0699. The summed E-state index contributed by atoms with van der Waals surface area (Å²) in [5.74, 6) is 0. The Morgan fingerprint density at radius 3 is 2.17 bits per heavy atom. The van der Waals surface area contributed by atoms with Gasteiger partial charge in [-0.2, -0.15) is 0 Å². The van der Waals surface area contributed by atoms with Crippen LogP contribution in [0, 0.1) is 0 Å². The summed E-state index contributed by atoms with van der Waals surface area (Å²) in [6.45, 7) is 0.768. The topological polar surface area (TPSA) is 32.3 Å². The number of halogens is 2. The van der Waals surface area contributed by atoms with Crippen LogP contribution < -0.4 is 5.32 Å². The van der Waals surface area contributed by atoms with E-state index in [2.05, 4.69) is 5.32 Å². The van der Waals surface area contributed by atoms with Gasteiger partial charge in [0.15, 0.2) is 0 Å². The summed E-state index contributed by atoms with van der Waals surface area (Å²) in [6.07, 6.45) is 0. The van der Waals surface area contributed by atoms with E-state index in [1.807, 2.05) is 30.3 Å². The van der Waals surface area contributed by atoms with Crippen LogP contribution in [-0.4, -0.2) is 5.11 Å². The second-order valence-corrected chi connectivity index (χ2v) is 4.77. The highest BCUT2D eigenvalue weighted by atomic mass is 35.5. The van der Waals surface area contributed by atoms with Gasteiger partial charge in [0.2, 0.25) is 0 Å². The van der Waals surface area contributed by atoms with Crippen LogP contribution in [0.5, 0.6) is 0 Å². The van der Waals surface area contributed by atoms with Crippen LogP contribution in [0.2, 0.25) is 10.0 Å². The fourth-order valence-corrected chi connectivity index (χ4v) is 1.87. The molecule has 18 heavy (non-hydrogen) atoms. The summed E-state index contributed by atoms with van der Waals surface area (Å²) in [4.78, 5) is 0. The van der Waals surface area contributed by atoms with Gasteiger partial charge in [-0.3, -0.25) is 0 Å². The van der Waals surface area contributed by atoms with E-state index in [4.69, 9.17) is 28.3 Å². The summed E-state index contributed by atoms with van der Waals surface area (Å²) < 4.78 is 0. The minimum Gasteiger partial charge on any atom is -0.392 e. The van der Waals surface area contributed by atoms with Crippen molar-refractivity contribution in [3.8, 4) is 0 Å². The molecule has 94 valence electrons. The first kappa shape index (κ1) is 13.2. The van der Waals surface area contributed by atoms with E-state index in [-0.39, 0.29) is 6.61 Å². The molecule has 0 aliphatic heterocycles. The van der Waals surface area contributed by atoms with Gasteiger partial charge >= 0.3 is 0 Å². The summed E-state index contributed by atoms with van der Waals surface area (Å²) in [7, 11) is 0. The van der Waals surface area contributed by atoms with E-state index in [9.17, 15) is 0 Å². The van der Waals surface area contributed by atoms with Gasteiger partial charge in [-0.1, -0.05) is 47.5 Å². The molecule has 2 rings (SSSR count). The molecule has 0 fully saturated rings. The largest absolute Gasteiger partial charge is 0.392 e. The number of aliphatic hydroxyl groups is 1. The van der Waals surface area contributed by atoms with Gasteiger partial charge in [0, 0.05) is 12.2 Å². The molecule has 2 aromatic rings. The van der Waals surface area contributed by atoms with E-state index in [1.54, 1.807) is 12.1 Å². The van der Waals surface area contributed by atoms with Crippen molar-refractivity contribution in [2.75, 3.05) is 5.32 Å². The van der Waals surface area contributed by atoms with Crippen LogP contribution in [0.3, 0.4) is 0 Å². The van der Waals surface area contributed by atoms with Crippen molar-refractivity contribution in [3.63, 3.8) is 0 Å². The second kappa shape index (κ2) is 6.10. The van der Waals surface area contributed by atoms with E-state index >= 15 is 0 Å². The average Bonchev–Trinajstić information content (AvgIpc) is 2.41. The lowest BCUT2D eigenvalue weighted by atomic mass is 10.1. The second-order valence-electron chi connectivity index (χ2n) is 3.96. The Morgan fingerprint density at radius 1 is 0.889 bits per heavy atom. The highest BCUT2D eigenvalue weighted by Gasteiger charge is 1.99. The Labute approximate surface area is 116 Å². The average molecular weight is 282 g/mol. The fraction of sp³-hybridized carbons (Fsp3) is 0.143. The van der Waals surface area contributed by atoms with Crippen molar-refractivity contribution < 1.29 is 5.11 Å². The zero-order valence-electron chi connectivity index (χ0n) is 9.66. The van der Waals surface area contributed by atoms with Crippen LogP contribution in [-0.2, 0) is 13.2 Å². The maximum atomic E-state index is 8.95. The first-order valence-corrected chi connectivity index (χ1v) is 6.32. The van der Waals surface area contributed by atoms with Gasteiger partial charge in [0.05, 0.1) is 16.7 Å². The molecule has 0 saturated carbocycles. The van der Waals surface area contributed by atoms with Crippen molar-refractivity contribution in [2.24, 2.45) is 0 Å². The molecule has 0 aromatic heterocycles. The molecule has 0 atom stereocenters. The van der Waals surface area contributed by atoms with Crippen LogP contribution in [0.4, 0.5) is 5.69 Å². The third kappa shape index (κ3) is 3.39.